The zero-order valence-corrected chi connectivity index (χ0v) is 12.2. The molecule has 17 heavy (non-hydrogen) atoms. The van der Waals surface area contributed by atoms with E-state index >= 15 is 0 Å². The van der Waals surface area contributed by atoms with Gasteiger partial charge in [0.15, 0.2) is 5.78 Å². The van der Waals surface area contributed by atoms with Crippen LogP contribution in [-0.2, 0) is 13.5 Å². The molecule has 0 fully saturated rings. The molecule has 0 bridgehead atoms. The molecule has 0 atom stereocenters. The lowest BCUT2D eigenvalue weighted by molar-refractivity contribution is 0.0849. The van der Waals surface area contributed by atoms with E-state index in [-0.39, 0.29) is 16.6 Å². The van der Waals surface area contributed by atoms with Gasteiger partial charge < -0.3 is 4.57 Å². The largest absolute Gasteiger partial charge is 0.345 e. The van der Waals surface area contributed by atoms with Crippen LogP contribution in [0.3, 0.4) is 0 Å². The van der Waals surface area contributed by atoms with Gasteiger partial charge in [-0.2, -0.15) is 0 Å². The van der Waals surface area contributed by atoms with Gasteiger partial charge >= 0.3 is 0 Å². The van der Waals surface area contributed by atoms with Crippen LogP contribution in [0.5, 0.6) is 0 Å². The topological polar surface area (TPSA) is 22.0 Å². The highest BCUT2D eigenvalue weighted by Gasteiger charge is 2.26. The number of nitrogens with zero attached hydrogens (tertiary/aromatic N) is 1. The van der Waals surface area contributed by atoms with Crippen molar-refractivity contribution in [1.29, 1.82) is 0 Å². The van der Waals surface area contributed by atoms with Crippen molar-refractivity contribution in [3.05, 3.63) is 23.5 Å². The first-order chi connectivity index (χ1) is 7.52. The van der Waals surface area contributed by atoms with Crippen LogP contribution in [0.1, 0.15) is 57.7 Å². The minimum absolute atomic E-state index is 0.208. The first kappa shape index (κ1) is 14.0. The van der Waals surface area contributed by atoms with E-state index in [2.05, 4.69) is 26.8 Å². The lowest BCUT2D eigenvalue weighted by atomic mass is 9.89. The van der Waals surface area contributed by atoms with Crippen LogP contribution in [-0.4, -0.2) is 10.4 Å². The highest BCUT2D eigenvalue weighted by molar-refractivity contribution is 5.98. The van der Waals surface area contributed by atoms with E-state index in [0.717, 1.165) is 12.1 Å². The molecule has 1 heterocycles. The molecule has 0 saturated heterocycles. The predicted molar refractivity (Wildman–Crippen MR) is 72.4 cm³/mol. The molecule has 2 heteroatoms. The molecule has 0 spiro atoms. The van der Waals surface area contributed by atoms with E-state index in [9.17, 15) is 4.79 Å². The minimum atomic E-state index is -0.314. The van der Waals surface area contributed by atoms with E-state index < -0.39 is 0 Å². The molecule has 0 aliphatic rings. The van der Waals surface area contributed by atoms with Gasteiger partial charge in [-0.15, -0.1) is 0 Å². The normalized spacial score (nSPS) is 12.9. The van der Waals surface area contributed by atoms with Crippen LogP contribution in [0.4, 0.5) is 0 Å². The Balaban J connectivity index is 3.04. The molecule has 0 aliphatic heterocycles. The Kier molecular flexibility index (Phi) is 3.56. The third kappa shape index (κ3) is 3.45. The van der Waals surface area contributed by atoms with E-state index in [0.29, 0.717) is 0 Å². The molecular formula is C15H25NO. The Morgan fingerprint density at radius 1 is 1.12 bits per heavy atom. The molecular weight excluding hydrogens is 210 g/mol. The van der Waals surface area contributed by atoms with Gasteiger partial charge in [0.05, 0.1) is 5.69 Å². The number of rotatable bonds is 2. The number of hydrogen-bond donors (Lipinski definition) is 0. The summed E-state index contributed by atoms with van der Waals surface area (Å²) in [5.41, 5.74) is 1.97. The fourth-order valence-electron chi connectivity index (χ4n) is 1.89. The smallest absolute Gasteiger partial charge is 0.184 e. The molecule has 0 radical (unpaired) electrons. The van der Waals surface area contributed by atoms with Crippen LogP contribution in [0, 0.1) is 10.8 Å². The average Bonchev–Trinajstić information content (AvgIpc) is 2.43. The lowest BCUT2D eigenvalue weighted by Gasteiger charge is -2.20. The molecule has 1 rings (SSSR count). The molecule has 2 nitrogen and oxygen atoms in total. The Morgan fingerprint density at radius 2 is 1.65 bits per heavy atom. The molecule has 0 N–H and O–H groups in total. The van der Waals surface area contributed by atoms with Crippen LogP contribution in [0.2, 0.25) is 0 Å². The number of hydrogen-bond acceptors (Lipinski definition) is 1. The fourth-order valence-corrected chi connectivity index (χ4v) is 1.89. The van der Waals surface area contributed by atoms with Gasteiger partial charge in [0.1, 0.15) is 0 Å². The number of aromatic nitrogens is 1. The minimum Gasteiger partial charge on any atom is -0.345 e. The Morgan fingerprint density at radius 3 is 2.06 bits per heavy atom. The predicted octanol–water partition coefficient (Wildman–Crippen LogP) is 3.84. The van der Waals surface area contributed by atoms with Crippen molar-refractivity contribution in [1.82, 2.24) is 4.57 Å². The molecule has 1 aromatic heterocycles. The summed E-state index contributed by atoms with van der Waals surface area (Å²) in [4.78, 5) is 12.2. The molecule has 0 saturated carbocycles. The van der Waals surface area contributed by atoms with E-state index in [1.165, 1.54) is 5.69 Å². The summed E-state index contributed by atoms with van der Waals surface area (Å²) in [6.07, 6.45) is 0.987. The quantitative estimate of drug-likeness (QED) is 0.714. The van der Waals surface area contributed by atoms with Crippen LogP contribution < -0.4 is 0 Å². The maximum absolute atomic E-state index is 12.2. The molecule has 96 valence electrons. The summed E-state index contributed by atoms with van der Waals surface area (Å²) < 4.78 is 2.04. The highest BCUT2D eigenvalue weighted by atomic mass is 16.1. The number of carbonyl (C=O) groups is 1. The van der Waals surface area contributed by atoms with Crippen molar-refractivity contribution in [2.75, 3.05) is 0 Å². The highest BCUT2D eigenvalue weighted by Crippen LogP contribution is 2.25. The van der Waals surface area contributed by atoms with Crippen molar-refractivity contribution >= 4 is 5.78 Å². The molecule has 0 unspecified atom stereocenters. The van der Waals surface area contributed by atoms with Gasteiger partial charge in [0, 0.05) is 18.2 Å². The summed E-state index contributed by atoms with van der Waals surface area (Å²) in [6.45, 7) is 12.5. The van der Waals surface area contributed by atoms with Gasteiger partial charge in [-0.1, -0.05) is 41.5 Å². The second-order valence-corrected chi connectivity index (χ2v) is 7.09. The standard InChI is InChI=1S/C15H25NO/c1-14(2,3)10-11-8-9-12(16(11)7)13(17)15(4,5)6/h8-9H,10H2,1-7H3. The van der Waals surface area contributed by atoms with Gasteiger partial charge in [-0.05, 0) is 24.0 Å². The Hall–Kier alpha value is -1.05. The fraction of sp³-hybridized carbons (Fsp3) is 0.667. The zero-order valence-electron chi connectivity index (χ0n) is 12.2. The second-order valence-electron chi connectivity index (χ2n) is 7.09. The van der Waals surface area contributed by atoms with Crippen molar-refractivity contribution in [3.8, 4) is 0 Å². The Bertz CT molecular complexity index is 413. The maximum atomic E-state index is 12.2. The van der Waals surface area contributed by atoms with Crippen LogP contribution >= 0.6 is 0 Å². The monoisotopic (exact) mass is 235 g/mol. The van der Waals surface area contributed by atoms with Crippen molar-refractivity contribution < 1.29 is 4.79 Å². The van der Waals surface area contributed by atoms with Gasteiger partial charge in [-0.3, -0.25) is 4.79 Å². The van der Waals surface area contributed by atoms with Crippen LogP contribution in [0.25, 0.3) is 0 Å². The molecule has 0 aromatic carbocycles. The van der Waals surface area contributed by atoms with Crippen LogP contribution in [0.15, 0.2) is 12.1 Å². The van der Waals surface area contributed by atoms with Crippen molar-refractivity contribution in [2.24, 2.45) is 17.9 Å². The summed E-state index contributed by atoms with van der Waals surface area (Å²) in [7, 11) is 1.99. The average molecular weight is 235 g/mol. The van der Waals surface area contributed by atoms with Gasteiger partial charge in [0.2, 0.25) is 0 Å². The SMILES string of the molecule is Cn1c(CC(C)(C)C)ccc1C(=O)C(C)(C)C. The Labute approximate surface area is 105 Å². The molecule has 1 aromatic rings. The number of carbonyl (C=O) groups excluding carboxylic acids is 1. The van der Waals surface area contributed by atoms with E-state index in [1.807, 2.05) is 38.5 Å². The summed E-state index contributed by atoms with van der Waals surface area (Å²) in [5.74, 6) is 0.208. The maximum Gasteiger partial charge on any atom is 0.184 e. The molecule has 0 aliphatic carbocycles. The molecule has 0 amide bonds. The van der Waals surface area contributed by atoms with E-state index in [1.54, 1.807) is 0 Å². The van der Waals surface area contributed by atoms with E-state index in [4.69, 9.17) is 0 Å². The van der Waals surface area contributed by atoms with Crippen molar-refractivity contribution in [3.63, 3.8) is 0 Å². The van der Waals surface area contributed by atoms with Crippen molar-refractivity contribution in [2.45, 2.75) is 48.0 Å². The van der Waals surface area contributed by atoms with Gasteiger partial charge in [-0.25, -0.2) is 0 Å². The van der Waals surface area contributed by atoms with Gasteiger partial charge in [0.25, 0.3) is 0 Å². The third-order valence-corrected chi connectivity index (χ3v) is 2.85. The second kappa shape index (κ2) is 4.32. The zero-order chi connectivity index (χ0) is 13.4. The summed E-state index contributed by atoms with van der Waals surface area (Å²) in [5, 5.41) is 0. The summed E-state index contributed by atoms with van der Waals surface area (Å²) in [6, 6.07) is 4.03. The number of Topliss-reactive ketones (excluding diaryl/α,β-unsaturated/α-hetero) is 1. The lowest BCUT2D eigenvalue weighted by Crippen LogP contribution is -2.23. The summed E-state index contributed by atoms with van der Waals surface area (Å²) >= 11 is 0. The first-order valence-corrected chi connectivity index (χ1v) is 6.22. The first-order valence-electron chi connectivity index (χ1n) is 6.22. The third-order valence-electron chi connectivity index (χ3n) is 2.85. The number of ketones is 1.